The van der Waals surface area contributed by atoms with E-state index in [2.05, 4.69) is 37.8 Å². The molecular formula is C20H22O. The highest BCUT2D eigenvalue weighted by Gasteiger charge is 2.32. The first-order valence-electron chi connectivity index (χ1n) is 7.20. The van der Waals surface area contributed by atoms with Crippen LogP contribution in [0.15, 0.2) is 36.4 Å². The molecule has 0 radical (unpaired) electrons. The topological polar surface area (TPSA) is 20.2 Å². The number of aryl methyl sites for hydroxylation is 4. The van der Waals surface area contributed by atoms with E-state index >= 15 is 0 Å². The summed E-state index contributed by atoms with van der Waals surface area (Å²) in [6, 6.07) is 12.2. The lowest BCUT2D eigenvalue weighted by Crippen LogP contribution is -2.27. The van der Waals surface area contributed by atoms with Gasteiger partial charge in [-0.2, -0.15) is 0 Å². The Labute approximate surface area is 127 Å². The predicted octanol–water partition coefficient (Wildman–Crippen LogP) is 4.18. The molecule has 1 N–H and O–H groups in total. The third kappa shape index (κ3) is 2.86. The van der Waals surface area contributed by atoms with Crippen molar-refractivity contribution in [3.05, 3.63) is 69.8 Å². The van der Waals surface area contributed by atoms with E-state index in [-0.39, 0.29) is 0 Å². The van der Waals surface area contributed by atoms with Gasteiger partial charge < -0.3 is 5.11 Å². The molecule has 0 aliphatic rings. The number of hydrogen-bond donors (Lipinski definition) is 1. The van der Waals surface area contributed by atoms with Crippen molar-refractivity contribution in [3.8, 4) is 11.8 Å². The first kappa shape index (κ1) is 15.4. The van der Waals surface area contributed by atoms with Crippen LogP contribution in [0.25, 0.3) is 0 Å². The molecular weight excluding hydrogens is 256 g/mol. The molecule has 21 heavy (non-hydrogen) atoms. The monoisotopic (exact) mass is 278 g/mol. The Morgan fingerprint density at radius 2 is 1.24 bits per heavy atom. The zero-order valence-electron chi connectivity index (χ0n) is 13.4. The quantitative estimate of drug-likeness (QED) is 0.817. The van der Waals surface area contributed by atoms with Crippen LogP contribution in [-0.2, 0) is 5.60 Å². The third-order valence-electron chi connectivity index (χ3n) is 3.85. The van der Waals surface area contributed by atoms with Crippen LogP contribution in [0.1, 0.15) is 40.3 Å². The molecule has 0 heterocycles. The van der Waals surface area contributed by atoms with Crippen molar-refractivity contribution >= 4 is 0 Å². The maximum Gasteiger partial charge on any atom is 0.177 e. The molecule has 0 amide bonds. The van der Waals surface area contributed by atoms with E-state index in [9.17, 15) is 5.11 Å². The highest BCUT2D eigenvalue weighted by molar-refractivity contribution is 5.51. The highest BCUT2D eigenvalue weighted by atomic mass is 16.3. The fourth-order valence-corrected chi connectivity index (χ4v) is 2.90. The summed E-state index contributed by atoms with van der Waals surface area (Å²) in [5, 5.41) is 11.3. The van der Waals surface area contributed by atoms with E-state index in [4.69, 9.17) is 0 Å². The van der Waals surface area contributed by atoms with Crippen molar-refractivity contribution in [2.24, 2.45) is 0 Å². The zero-order chi connectivity index (χ0) is 15.6. The highest BCUT2D eigenvalue weighted by Crippen LogP contribution is 2.34. The lowest BCUT2D eigenvalue weighted by atomic mass is 9.81. The maximum absolute atomic E-state index is 11.3. The summed E-state index contributed by atoms with van der Waals surface area (Å²) in [7, 11) is 0. The predicted molar refractivity (Wildman–Crippen MR) is 88.3 cm³/mol. The minimum atomic E-state index is -1.26. The van der Waals surface area contributed by atoms with Crippen molar-refractivity contribution in [1.29, 1.82) is 0 Å². The van der Waals surface area contributed by atoms with Gasteiger partial charge in [-0.25, -0.2) is 0 Å². The number of hydrogen-bond acceptors (Lipinski definition) is 1. The van der Waals surface area contributed by atoms with Gasteiger partial charge in [0.15, 0.2) is 5.60 Å². The zero-order valence-corrected chi connectivity index (χ0v) is 13.4. The number of rotatable bonds is 2. The lowest BCUT2D eigenvalue weighted by Gasteiger charge is -2.27. The first-order chi connectivity index (χ1) is 9.88. The molecule has 2 aromatic carbocycles. The Morgan fingerprint density at radius 3 is 1.57 bits per heavy atom. The maximum atomic E-state index is 11.3. The van der Waals surface area contributed by atoms with Crippen molar-refractivity contribution in [3.63, 3.8) is 0 Å². The van der Waals surface area contributed by atoms with Gasteiger partial charge in [-0.05, 0) is 45.7 Å². The van der Waals surface area contributed by atoms with Gasteiger partial charge in [-0.1, -0.05) is 53.4 Å². The summed E-state index contributed by atoms with van der Waals surface area (Å²) >= 11 is 0. The van der Waals surface area contributed by atoms with Crippen LogP contribution in [0.3, 0.4) is 0 Å². The van der Waals surface area contributed by atoms with Gasteiger partial charge in [-0.3, -0.25) is 0 Å². The lowest BCUT2D eigenvalue weighted by molar-refractivity contribution is 0.143. The summed E-state index contributed by atoms with van der Waals surface area (Å²) in [5.41, 5.74) is 4.93. The van der Waals surface area contributed by atoms with Crippen LogP contribution >= 0.6 is 0 Å². The number of aliphatic hydroxyl groups is 1. The van der Waals surface area contributed by atoms with Gasteiger partial charge in [0, 0.05) is 11.1 Å². The van der Waals surface area contributed by atoms with E-state index in [0.29, 0.717) is 0 Å². The summed E-state index contributed by atoms with van der Waals surface area (Å²) in [5.74, 6) is 5.91. The standard InChI is InChI=1S/C20H22O/c1-6-11-20(21,18-9-7-14(2)12-16(18)4)19-10-8-15(3)13-17(19)5/h7-10,12-13,21H,1-5H3. The SMILES string of the molecule is CC#CC(O)(c1ccc(C)cc1C)c1ccc(C)cc1C. The van der Waals surface area contributed by atoms with E-state index in [0.717, 1.165) is 22.3 Å². The molecule has 0 bridgehead atoms. The Morgan fingerprint density at radius 1 is 0.810 bits per heavy atom. The molecule has 0 saturated carbocycles. The fraction of sp³-hybridized carbons (Fsp3) is 0.300. The molecule has 0 aromatic heterocycles. The summed E-state index contributed by atoms with van der Waals surface area (Å²) < 4.78 is 0. The Balaban J connectivity index is 2.72. The van der Waals surface area contributed by atoms with Crippen LogP contribution in [0.5, 0.6) is 0 Å². The molecule has 0 atom stereocenters. The van der Waals surface area contributed by atoms with Gasteiger partial charge >= 0.3 is 0 Å². The van der Waals surface area contributed by atoms with Crippen LogP contribution < -0.4 is 0 Å². The molecule has 0 spiro atoms. The second-order valence-corrected chi connectivity index (χ2v) is 5.72. The van der Waals surface area contributed by atoms with E-state index < -0.39 is 5.60 Å². The van der Waals surface area contributed by atoms with Gasteiger partial charge in [-0.15, -0.1) is 5.92 Å². The molecule has 0 aliphatic heterocycles. The average Bonchev–Trinajstić information content (AvgIpc) is 2.38. The van der Waals surface area contributed by atoms with Crippen LogP contribution in [-0.4, -0.2) is 5.11 Å². The van der Waals surface area contributed by atoms with E-state index in [1.165, 1.54) is 11.1 Å². The molecule has 0 saturated heterocycles. The van der Waals surface area contributed by atoms with Crippen molar-refractivity contribution in [1.82, 2.24) is 0 Å². The van der Waals surface area contributed by atoms with Gasteiger partial charge in [0.1, 0.15) is 0 Å². The number of benzene rings is 2. The molecule has 108 valence electrons. The second kappa shape index (κ2) is 5.76. The molecule has 2 aromatic rings. The largest absolute Gasteiger partial charge is 0.369 e. The summed E-state index contributed by atoms with van der Waals surface area (Å²) in [4.78, 5) is 0. The molecule has 2 rings (SSSR count). The van der Waals surface area contributed by atoms with Gasteiger partial charge in [0.25, 0.3) is 0 Å². The molecule has 0 unspecified atom stereocenters. The second-order valence-electron chi connectivity index (χ2n) is 5.72. The van der Waals surface area contributed by atoms with Crippen LogP contribution in [0.2, 0.25) is 0 Å². The Kier molecular flexibility index (Phi) is 4.21. The summed E-state index contributed by atoms with van der Waals surface area (Å²) in [6.07, 6.45) is 0. The minimum Gasteiger partial charge on any atom is -0.369 e. The Hall–Kier alpha value is -2.04. The molecule has 1 heteroatoms. The molecule has 0 aliphatic carbocycles. The molecule has 1 nitrogen and oxygen atoms in total. The van der Waals surface area contributed by atoms with Gasteiger partial charge in [0.2, 0.25) is 0 Å². The average molecular weight is 278 g/mol. The third-order valence-corrected chi connectivity index (χ3v) is 3.85. The fourth-order valence-electron chi connectivity index (χ4n) is 2.90. The minimum absolute atomic E-state index is 0.856. The smallest absolute Gasteiger partial charge is 0.177 e. The first-order valence-corrected chi connectivity index (χ1v) is 7.20. The van der Waals surface area contributed by atoms with E-state index in [1.807, 2.05) is 38.1 Å². The van der Waals surface area contributed by atoms with Crippen LogP contribution in [0, 0.1) is 39.5 Å². The van der Waals surface area contributed by atoms with E-state index in [1.54, 1.807) is 6.92 Å². The Bertz CT molecular complexity index is 678. The summed E-state index contributed by atoms with van der Waals surface area (Å²) in [6.45, 7) is 9.91. The van der Waals surface area contributed by atoms with Gasteiger partial charge in [0.05, 0.1) is 0 Å². The van der Waals surface area contributed by atoms with Crippen LogP contribution in [0.4, 0.5) is 0 Å². The van der Waals surface area contributed by atoms with Crippen molar-refractivity contribution < 1.29 is 5.11 Å². The van der Waals surface area contributed by atoms with Crippen molar-refractivity contribution in [2.45, 2.75) is 40.2 Å². The van der Waals surface area contributed by atoms with Crippen molar-refractivity contribution in [2.75, 3.05) is 0 Å². The molecule has 0 fully saturated rings. The normalized spacial score (nSPS) is 11.0.